The highest BCUT2D eigenvalue weighted by Crippen LogP contribution is 2.26. The predicted octanol–water partition coefficient (Wildman–Crippen LogP) is 4.45. The molecule has 0 atom stereocenters. The average molecular weight is 407 g/mol. The average Bonchev–Trinajstić information content (AvgIpc) is 2.65. The van der Waals surface area contributed by atoms with Crippen LogP contribution in [-0.4, -0.2) is 31.4 Å². The Morgan fingerprint density at radius 2 is 1.69 bits per heavy atom. The third kappa shape index (κ3) is 3.67. The molecule has 3 aromatic rings. The van der Waals surface area contributed by atoms with Crippen LogP contribution in [0.2, 0.25) is 15.3 Å². The van der Waals surface area contributed by atoms with E-state index in [4.69, 9.17) is 39.8 Å². The van der Waals surface area contributed by atoms with Crippen LogP contribution in [0.25, 0.3) is 11.4 Å². The molecule has 0 spiro atoms. The highest BCUT2D eigenvalue weighted by molar-refractivity contribution is 6.34. The molecule has 0 bridgehead atoms. The molecule has 1 aromatic carbocycles. The van der Waals surface area contributed by atoms with Gasteiger partial charge in [-0.3, -0.25) is 4.90 Å². The summed E-state index contributed by atoms with van der Waals surface area (Å²) < 4.78 is 0. The van der Waals surface area contributed by atoms with E-state index in [1.165, 1.54) is 11.9 Å². The lowest BCUT2D eigenvalue weighted by Gasteiger charge is -2.28. The number of benzene rings is 1. The van der Waals surface area contributed by atoms with Crippen molar-refractivity contribution in [1.82, 2.24) is 24.8 Å². The number of fused-ring (bicyclic) bond motifs is 1. The monoisotopic (exact) mass is 405 g/mol. The Balaban J connectivity index is 1.58. The second-order valence-electron chi connectivity index (χ2n) is 6.07. The summed E-state index contributed by atoms with van der Waals surface area (Å²) in [5.74, 6) is 0.696. The molecule has 4 rings (SSSR count). The molecule has 0 amide bonds. The minimum Gasteiger partial charge on any atom is -0.293 e. The first-order valence-corrected chi connectivity index (χ1v) is 9.21. The number of nitrogens with zero attached hydrogens (tertiary/aromatic N) is 5. The van der Waals surface area contributed by atoms with Crippen molar-refractivity contribution in [2.75, 3.05) is 6.54 Å². The molecule has 3 heterocycles. The fourth-order valence-corrected chi connectivity index (χ4v) is 3.52. The first-order valence-electron chi connectivity index (χ1n) is 8.08. The van der Waals surface area contributed by atoms with Crippen molar-refractivity contribution in [2.45, 2.75) is 19.5 Å². The molecule has 5 nitrogen and oxygen atoms in total. The van der Waals surface area contributed by atoms with Crippen LogP contribution >= 0.6 is 34.8 Å². The lowest BCUT2D eigenvalue weighted by Crippen LogP contribution is -2.31. The second-order valence-corrected chi connectivity index (χ2v) is 7.22. The molecule has 132 valence electrons. The summed E-state index contributed by atoms with van der Waals surface area (Å²) in [7, 11) is 0. The normalized spacial score (nSPS) is 14.3. The molecule has 0 N–H and O–H groups in total. The number of aromatic nitrogens is 4. The van der Waals surface area contributed by atoms with Gasteiger partial charge in [-0.2, -0.15) is 0 Å². The smallest absolute Gasteiger partial charge is 0.159 e. The molecule has 0 unspecified atom stereocenters. The van der Waals surface area contributed by atoms with E-state index in [-0.39, 0.29) is 0 Å². The van der Waals surface area contributed by atoms with Crippen LogP contribution in [0.15, 0.2) is 36.8 Å². The number of halogens is 3. The third-order valence-corrected chi connectivity index (χ3v) is 5.25. The van der Waals surface area contributed by atoms with Crippen LogP contribution in [0, 0.1) is 0 Å². The standard InChI is InChI=1S/C18H14Cl3N5/c19-13-3-1-11(2-4-13)18-22-7-12-5-6-26(9-15(12)25-18)8-14-16(20)23-10-24-17(14)21/h1-4,7,10H,5-6,8-9H2. The van der Waals surface area contributed by atoms with Crippen LogP contribution in [0.4, 0.5) is 0 Å². The third-order valence-electron chi connectivity index (χ3n) is 4.35. The minimum atomic E-state index is 0.389. The molecule has 0 aliphatic carbocycles. The van der Waals surface area contributed by atoms with Crippen LogP contribution in [0.3, 0.4) is 0 Å². The molecule has 0 radical (unpaired) electrons. The Hall–Kier alpha value is -1.79. The van der Waals surface area contributed by atoms with Crippen LogP contribution < -0.4 is 0 Å². The van der Waals surface area contributed by atoms with E-state index in [2.05, 4.69) is 19.9 Å². The van der Waals surface area contributed by atoms with Gasteiger partial charge in [0.05, 0.1) is 5.69 Å². The maximum atomic E-state index is 6.17. The Morgan fingerprint density at radius 3 is 2.42 bits per heavy atom. The Kier molecular flexibility index (Phi) is 5.05. The van der Waals surface area contributed by atoms with E-state index >= 15 is 0 Å². The van der Waals surface area contributed by atoms with Crippen molar-refractivity contribution < 1.29 is 0 Å². The summed E-state index contributed by atoms with van der Waals surface area (Å²) >= 11 is 18.3. The molecule has 1 aliphatic heterocycles. The molecule has 26 heavy (non-hydrogen) atoms. The zero-order valence-electron chi connectivity index (χ0n) is 13.7. The van der Waals surface area contributed by atoms with E-state index in [1.54, 1.807) is 0 Å². The molecule has 8 heteroatoms. The van der Waals surface area contributed by atoms with Gasteiger partial charge in [-0.15, -0.1) is 0 Å². The molecule has 1 aliphatic rings. The van der Waals surface area contributed by atoms with Gasteiger partial charge in [0.25, 0.3) is 0 Å². The summed E-state index contributed by atoms with van der Waals surface area (Å²) in [4.78, 5) is 19.5. The summed E-state index contributed by atoms with van der Waals surface area (Å²) in [6.45, 7) is 2.15. The number of rotatable bonds is 3. The summed E-state index contributed by atoms with van der Waals surface area (Å²) in [5.41, 5.74) is 3.86. The first kappa shape index (κ1) is 17.6. The van der Waals surface area contributed by atoms with Gasteiger partial charge in [-0.05, 0) is 36.2 Å². The number of hydrogen-bond acceptors (Lipinski definition) is 5. The van der Waals surface area contributed by atoms with Crippen molar-refractivity contribution in [1.29, 1.82) is 0 Å². The topological polar surface area (TPSA) is 54.8 Å². The molecule has 2 aromatic heterocycles. The molecule has 0 saturated heterocycles. The first-order chi connectivity index (χ1) is 12.6. The van der Waals surface area contributed by atoms with Gasteiger partial charge in [0, 0.05) is 42.0 Å². The largest absolute Gasteiger partial charge is 0.293 e. The van der Waals surface area contributed by atoms with E-state index in [1.807, 2.05) is 30.5 Å². The Labute approximate surface area is 166 Å². The van der Waals surface area contributed by atoms with Crippen LogP contribution in [0.5, 0.6) is 0 Å². The zero-order valence-corrected chi connectivity index (χ0v) is 15.9. The summed E-state index contributed by atoms with van der Waals surface area (Å²) in [6.07, 6.45) is 4.15. The Bertz CT molecular complexity index is 926. The molecule has 0 saturated carbocycles. The van der Waals surface area contributed by atoms with Crippen molar-refractivity contribution in [3.8, 4) is 11.4 Å². The van der Waals surface area contributed by atoms with Gasteiger partial charge in [-0.25, -0.2) is 19.9 Å². The molecular weight excluding hydrogens is 393 g/mol. The quantitative estimate of drug-likeness (QED) is 0.601. The van der Waals surface area contributed by atoms with Gasteiger partial charge in [0.2, 0.25) is 0 Å². The van der Waals surface area contributed by atoms with Crippen molar-refractivity contribution in [2.24, 2.45) is 0 Å². The molecule has 0 fully saturated rings. The summed E-state index contributed by atoms with van der Waals surface area (Å²) in [6, 6.07) is 7.52. The fourth-order valence-electron chi connectivity index (χ4n) is 2.96. The van der Waals surface area contributed by atoms with Crippen molar-refractivity contribution in [3.63, 3.8) is 0 Å². The van der Waals surface area contributed by atoms with Crippen molar-refractivity contribution in [3.05, 3.63) is 68.9 Å². The van der Waals surface area contributed by atoms with Crippen LogP contribution in [-0.2, 0) is 19.5 Å². The fraction of sp³-hybridized carbons (Fsp3) is 0.222. The zero-order chi connectivity index (χ0) is 18.1. The highest BCUT2D eigenvalue weighted by Gasteiger charge is 2.21. The predicted molar refractivity (Wildman–Crippen MR) is 102 cm³/mol. The van der Waals surface area contributed by atoms with E-state index < -0.39 is 0 Å². The lowest BCUT2D eigenvalue weighted by molar-refractivity contribution is 0.241. The van der Waals surface area contributed by atoms with Gasteiger partial charge in [0.1, 0.15) is 16.6 Å². The van der Waals surface area contributed by atoms with E-state index in [9.17, 15) is 0 Å². The maximum Gasteiger partial charge on any atom is 0.159 e. The van der Waals surface area contributed by atoms with Gasteiger partial charge >= 0.3 is 0 Å². The summed E-state index contributed by atoms with van der Waals surface area (Å²) in [5, 5.41) is 1.47. The minimum absolute atomic E-state index is 0.389. The SMILES string of the molecule is Clc1ccc(-c2ncc3c(n2)CN(Cc2c(Cl)ncnc2Cl)CC3)cc1. The number of hydrogen-bond donors (Lipinski definition) is 0. The van der Waals surface area contributed by atoms with Crippen molar-refractivity contribution >= 4 is 34.8 Å². The van der Waals surface area contributed by atoms with Gasteiger partial charge in [-0.1, -0.05) is 34.8 Å². The second kappa shape index (κ2) is 7.45. The van der Waals surface area contributed by atoms with E-state index in [0.29, 0.717) is 34.2 Å². The lowest BCUT2D eigenvalue weighted by atomic mass is 10.1. The van der Waals surface area contributed by atoms with Gasteiger partial charge in [0.15, 0.2) is 5.82 Å². The molecular formula is C18H14Cl3N5. The van der Waals surface area contributed by atoms with Crippen LogP contribution in [0.1, 0.15) is 16.8 Å². The van der Waals surface area contributed by atoms with Gasteiger partial charge < -0.3 is 0 Å². The highest BCUT2D eigenvalue weighted by atomic mass is 35.5. The van der Waals surface area contributed by atoms with E-state index in [0.717, 1.165) is 29.8 Å². The maximum absolute atomic E-state index is 6.17. The Morgan fingerprint density at radius 1 is 0.962 bits per heavy atom.